The van der Waals surface area contributed by atoms with E-state index in [1.165, 1.54) is 12.1 Å². The summed E-state index contributed by atoms with van der Waals surface area (Å²) in [5.41, 5.74) is 5.86. The Kier molecular flexibility index (Phi) is 5.88. The van der Waals surface area contributed by atoms with Crippen molar-refractivity contribution in [2.75, 3.05) is 24.5 Å². The Bertz CT molecular complexity index is 535. The van der Waals surface area contributed by atoms with E-state index in [1.54, 1.807) is 17.0 Å². The van der Waals surface area contributed by atoms with Gasteiger partial charge in [0, 0.05) is 13.1 Å². The topological polar surface area (TPSA) is 63.4 Å². The van der Waals surface area contributed by atoms with Gasteiger partial charge in [-0.1, -0.05) is 19.1 Å². The minimum atomic E-state index is -4.61. The number of rotatable bonds is 7. The van der Waals surface area contributed by atoms with Crippen LogP contribution in [0.5, 0.6) is 0 Å². The van der Waals surface area contributed by atoms with Crippen LogP contribution in [0.2, 0.25) is 0 Å². The Morgan fingerprint density at radius 2 is 1.90 bits per heavy atom. The molecule has 0 aliphatic carbocycles. The number of sulfone groups is 1. The fourth-order valence-electron chi connectivity index (χ4n) is 1.90. The Labute approximate surface area is 118 Å². The average molecular weight is 306 g/mol. The molecule has 0 aliphatic heterocycles. The summed E-state index contributed by atoms with van der Waals surface area (Å²) in [4.78, 5) is 1.42. The first-order chi connectivity index (χ1) is 9.34. The van der Waals surface area contributed by atoms with Gasteiger partial charge in [-0.3, -0.25) is 0 Å². The van der Waals surface area contributed by atoms with Gasteiger partial charge in [0.05, 0.1) is 10.6 Å². The molecule has 114 valence electrons. The molecule has 1 unspecified atom stereocenters. The summed E-state index contributed by atoms with van der Waals surface area (Å²) in [6, 6.07) is 5.84. The van der Waals surface area contributed by atoms with Crippen LogP contribution < -0.4 is 10.6 Å². The van der Waals surface area contributed by atoms with Crippen molar-refractivity contribution < 1.29 is 17.2 Å². The van der Waals surface area contributed by atoms with Crippen LogP contribution in [0, 0.1) is 5.92 Å². The average Bonchev–Trinajstić information content (AvgIpc) is 2.44. The van der Waals surface area contributed by atoms with Crippen molar-refractivity contribution in [3.63, 3.8) is 0 Å². The van der Waals surface area contributed by atoms with Crippen molar-refractivity contribution in [3.8, 4) is 0 Å². The third kappa shape index (κ3) is 3.67. The quantitative estimate of drug-likeness (QED) is 0.838. The lowest BCUT2D eigenvalue weighted by Gasteiger charge is -2.28. The number of alkyl halides is 2. The molecule has 0 radical (unpaired) electrons. The molecule has 4 nitrogen and oxygen atoms in total. The molecular formula is C13H20F2N2O2S. The van der Waals surface area contributed by atoms with Gasteiger partial charge in [0.25, 0.3) is 0 Å². The van der Waals surface area contributed by atoms with Crippen LogP contribution in [0.1, 0.15) is 13.8 Å². The molecule has 7 heteroatoms. The first-order valence-corrected chi connectivity index (χ1v) is 7.95. The lowest BCUT2D eigenvalue weighted by Crippen LogP contribution is -2.32. The van der Waals surface area contributed by atoms with Gasteiger partial charge in [0.2, 0.25) is 9.84 Å². The van der Waals surface area contributed by atoms with Crippen LogP contribution in [0.3, 0.4) is 0 Å². The molecule has 0 saturated heterocycles. The zero-order valence-corrected chi connectivity index (χ0v) is 12.4. The second-order valence-electron chi connectivity index (χ2n) is 4.65. The molecule has 1 aromatic carbocycles. The van der Waals surface area contributed by atoms with Gasteiger partial charge in [0.1, 0.15) is 0 Å². The van der Waals surface area contributed by atoms with Crippen LogP contribution in [0.4, 0.5) is 14.5 Å². The standard InChI is InChI=1S/C13H20F2N2O2S/c1-3-17(9-10(2)8-16)11-6-4-5-7-12(11)20(18,19)13(14)15/h4-7,10,13H,3,8-9,16H2,1-2H3. The Morgan fingerprint density at radius 1 is 1.30 bits per heavy atom. The largest absolute Gasteiger partial charge is 0.370 e. The molecule has 0 aromatic heterocycles. The number of para-hydroxylation sites is 1. The van der Waals surface area contributed by atoms with Gasteiger partial charge in [-0.2, -0.15) is 8.78 Å². The maximum Gasteiger partial charge on any atom is 0.341 e. The van der Waals surface area contributed by atoms with E-state index in [4.69, 9.17) is 5.73 Å². The third-order valence-corrected chi connectivity index (χ3v) is 4.49. The number of hydrogen-bond donors (Lipinski definition) is 1. The van der Waals surface area contributed by atoms with Crippen LogP contribution in [-0.2, 0) is 9.84 Å². The van der Waals surface area contributed by atoms with E-state index in [-0.39, 0.29) is 10.8 Å². The summed E-state index contributed by atoms with van der Waals surface area (Å²) in [5, 5.41) is 0. The summed E-state index contributed by atoms with van der Waals surface area (Å²) in [5.74, 6) is -3.29. The molecule has 0 fully saturated rings. The molecule has 2 N–H and O–H groups in total. The van der Waals surface area contributed by atoms with E-state index in [9.17, 15) is 17.2 Å². The van der Waals surface area contributed by atoms with Crippen molar-refractivity contribution in [2.45, 2.75) is 24.5 Å². The molecule has 1 aromatic rings. The van der Waals surface area contributed by atoms with Crippen LogP contribution in [-0.4, -0.2) is 33.8 Å². The Balaban J connectivity index is 3.24. The first-order valence-electron chi connectivity index (χ1n) is 6.40. The number of nitrogens with zero attached hydrogens (tertiary/aromatic N) is 1. The zero-order valence-electron chi connectivity index (χ0n) is 11.6. The van der Waals surface area contributed by atoms with Gasteiger partial charge < -0.3 is 10.6 Å². The van der Waals surface area contributed by atoms with Crippen LogP contribution in [0.15, 0.2) is 29.2 Å². The van der Waals surface area contributed by atoms with Gasteiger partial charge in [-0.15, -0.1) is 0 Å². The Hall–Kier alpha value is -1.21. The molecule has 0 aliphatic rings. The lowest BCUT2D eigenvalue weighted by atomic mass is 10.1. The second-order valence-corrected chi connectivity index (χ2v) is 6.54. The molecule has 0 amide bonds. The minimum Gasteiger partial charge on any atom is -0.370 e. The Morgan fingerprint density at radius 3 is 2.40 bits per heavy atom. The van der Waals surface area contributed by atoms with Crippen molar-refractivity contribution in [1.29, 1.82) is 0 Å². The van der Waals surface area contributed by atoms with Crippen molar-refractivity contribution in [1.82, 2.24) is 0 Å². The number of benzene rings is 1. The third-order valence-electron chi connectivity index (χ3n) is 3.06. The second kappa shape index (κ2) is 6.99. The zero-order chi connectivity index (χ0) is 15.3. The van der Waals surface area contributed by atoms with E-state index in [1.807, 2.05) is 13.8 Å². The molecular weight excluding hydrogens is 286 g/mol. The maximum absolute atomic E-state index is 12.7. The molecule has 0 spiro atoms. The van der Waals surface area contributed by atoms with Crippen molar-refractivity contribution >= 4 is 15.5 Å². The number of anilines is 1. The number of nitrogens with two attached hydrogens (primary N) is 1. The van der Waals surface area contributed by atoms with Crippen LogP contribution >= 0.6 is 0 Å². The fourth-order valence-corrected chi connectivity index (χ4v) is 2.85. The summed E-state index contributed by atoms with van der Waals surface area (Å²) < 4.78 is 48.9. The van der Waals surface area contributed by atoms with Gasteiger partial charge >= 0.3 is 5.76 Å². The highest BCUT2D eigenvalue weighted by atomic mass is 32.2. The minimum absolute atomic E-state index is 0.136. The first kappa shape index (κ1) is 16.8. The predicted molar refractivity (Wildman–Crippen MR) is 75.7 cm³/mol. The summed E-state index contributed by atoms with van der Waals surface area (Å²) in [7, 11) is -4.61. The van der Waals surface area contributed by atoms with Crippen molar-refractivity contribution in [2.24, 2.45) is 11.7 Å². The van der Waals surface area contributed by atoms with E-state index < -0.39 is 15.6 Å². The molecule has 1 rings (SSSR count). The summed E-state index contributed by atoms with van der Waals surface area (Å²) in [6.45, 7) is 5.24. The van der Waals surface area contributed by atoms with Gasteiger partial charge in [0.15, 0.2) is 0 Å². The molecule has 0 heterocycles. The highest BCUT2D eigenvalue weighted by Gasteiger charge is 2.30. The molecule has 1 atom stereocenters. The monoisotopic (exact) mass is 306 g/mol. The molecule has 0 bridgehead atoms. The van der Waals surface area contributed by atoms with E-state index in [2.05, 4.69) is 0 Å². The smallest absolute Gasteiger partial charge is 0.341 e. The normalized spacial score (nSPS) is 13.5. The fraction of sp³-hybridized carbons (Fsp3) is 0.538. The van der Waals surface area contributed by atoms with Gasteiger partial charge in [-0.25, -0.2) is 8.42 Å². The SMILES string of the molecule is CCN(CC(C)CN)c1ccccc1S(=O)(=O)C(F)F. The van der Waals surface area contributed by atoms with Crippen molar-refractivity contribution in [3.05, 3.63) is 24.3 Å². The number of halogens is 2. The van der Waals surface area contributed by atoms with Gasteiger partial charge in [-0.05, 0) is 31.5 Å². The highest BCUT2D eigenvalue weighted by Crippen LogP contribution is 2.29. The van der Waals surface area contributed by atoms with Crippen LogP contribution in [0.25, 0.3) is 0 Å². The number of hydrogen-bond acceptors (Lipinski definition) is 4. The van der Waals surface area contributed by atoms with E-state index >= 15 is 0 Å². The molecule has 0 saturated carbocycles. The summed E-state index contributed by atoms with van der Waals surface area (Å²) >= 11 is 0. The predicted octanol–water partition coefficient (Wildman–Crippen LogP) is 2.10. The maximum atomic E-state index is 12.7. The summed E-state index contributed by atoms with van der Waals surface area (Å²) in [6.07, 6.45) is 0. The van der Waals surface area contributed by atoms with E-state index in [0.29, 0.717) is 25.3 Å². The highest BCUT2D eigenvalue weighted by molar-refractivity contribution is 7.91. The van der Waals surface area contributed by atoms with E-state index in [0.717, 1.165) is 0 Å². The molecule has 20 heavy (non-hydrogen) atoms. The lowest BCUT2D eigenvalue weighted by molar-refractivity contribution is 0.235.